The highest BCUT2D eigenvalue weighted by Gasteiger charge is 2.19. The first-order valence-corrected chi connectivity index (χ1v) is 7.44. The molecule has 1 heterocycles. The van der Waals surface area contributed by atoms with E-state index >= 15 is 0 Å². The number of nitrogens with one attached hydrogen (secondary N) is 2. The van der Waals surface area contributed by atoms with Crippen LogP contribution in [0.15, 0.2) is 6.20 Å². The van der Waals surface area contributed by atoms with Crippen LogP contribution in [0, 0.1) is 5.92 Å². The average molecular weight is 276 g/mol. The van der Waals surface area contributed by atoms with Gasteiger partial charge in [0.1, 0.15) is 5.82 Å². The summed E-state index contributed by atoms with van der Waals surface area (Å²) in [6.45, 7) is 4.80. The van der Waals surface area contributed by atoms with Crippen LogP contribution in [0.3, 0.4) is 0 Å². The minimum Gasteiger partial charge on any atom is -0.385 e. The van der Waals surface area contributed by atoms with Crippen LogP contribution in [0.5, 0.6) is 0 Å². The number of carbonyl (C=O) groups excluding carboxylic acids is 1. The third-order valence-electron chi connectivity index (χ3n) is 3.83. The van der Waals surface area contributed by atoms with Crippen molar-refractivity contribution in [2.24, 2.45) is 5.92 Å². The molecular weight excluding hydrogens is 252 g/mol. The molecule has 1 aliphatic carbocycles. The maximum Gasteiger partial charge on any atom is 0.272 e. The maximum absolute atomic E-state index is 12.3. The van der Waals surface area contributed by atoms with E-state index in [2.05, 4.69) is 20.6 Å². The Hall–Kier alpha value is -1.65. The monoisotopic (exact) mass is 276 g/mol. The largest absolute Gasteiger partial charge is 0.385 e. The van der Waals surface area contributed by atoms with Crippen molar-refractivity contribution in [1.29, 1.82) is 0 Å². The Balaban J connectivity index is 2.08. The fourth-order valence-electron chi connectivity index (χ4n) is 2.56. The number of aromatic nitrogens is 2. The van der Waals surface area contributed by atoms with E-state index in [-0.39, 0.29) is 11.8 Å². The first-order valence-electron chi connectivity index (χ1n) is 7.44. The van der Waals surface area contributed by atoms with Gasteiger partial charge >= 0.3 is 0 Å². The van der Waals surface area contributed by atoms with Crippen molar-refractivity contribution in [3.8, 4) is 0 Å². The Morgan fingerprint density at radius 1 is 1.40 bits per heavy atom. The van der Waals surface area contributed by atoms with Crippen LogP contribution in [0.4, 0.5) is 5.69 Å². The van der Waals surface area contributed by atoms with E-state index in [0.29, 0.717) is 23.1 Å². The van der Waals surface area contributed by atoms with Gasteiger partial charge in [0, 0.05) is 19.5 Å². The van der Waals surface area contributed by atoms with Crippen molar-refractivity contribution in [3.05, 3.63) is 17.7 Å². The molecule has 1 aromatic heterocycles. The summed E-state index contributed by atoms with van der Waals surface area (Å²) in [5.41, 5.74) is 1.13. The van der Waals surface area contributed by atoms with Gasteiger partial charge in [0.15, 0.2) is 5.69 Å². The van der Waals surface area contributed by atoms with Crippen LogP contribution < -0.4 is 10.6 Å². The third-order valence-corrected chi connectivity index (χ3v) is 3.83. The summed E-state index contributed by atoms with van der Waals surface area (Å²) in [6, 6.07) is 0. The van der Waals surface area contributed by atoms with E-state index in [1.807, 2.05) is 13.8 Å². The molecule has 110 valence electrons. The first-order chi connectivity index (χ1) is 9.61. The normalized spacial score (nSPS) is 15.6. The van der Waals surface area contributed by atoms with Crippen LogP contribution in [0.2, 0.25) is 0 Å². The lowest BCUT2D eigenvalue weighted by Gasteiger charge is -2.13. The number of rotatable bonds is 5. The minimum atomic E-state index is -0.106. The molecule has 1 saturated carbocycles. The number of nitrogens with zero attached hydrogens (tertiary/aromatic N) is 2. The molecule has 20 heavy (non-hydrogen) atoms. The summed E-state index contributed by atoms with van der Waals surface area (Å²) >= 11 is 0. The van der Waals surface area contributed by atoms with Crippen molar-refractivity contribution in [3.63, 3.8) is 0 Å². The fraction of sp³-hybridized carbons (Fsp3) is 0.667. The van der Waals surface area contributed by atoms with Crippen LogP contribution in [0.1, 0.15) is 61.8 Å². The standard InChI is InChI=1S/C15H24N4O/c1-10(2)14-17-9-12(16-3)13(19-14)15(20)18-8-11-6-4-5-7-11/h9-11,16H,4-8H2,1-3H3,(H,18,20). The lowest BCUT2D eigenvalue weighted by atomic mass is 10.1. The highest BCUT2D eigenvalue weighted by Crippen LogP contribution is 2.24. The molecule has 0 unspecified atom stereocenters. The van der Waals surface area contributed by atoms with Crippen LogP contribution in [0.25, 0.3) is 0 Å². The molecule has 1 aromatic rings. The van der Waals surface area contributed by atoms with Crippen molar-refractivity contribution in [2.45, 2.75) is 45.4 Å². The fourth-order valence-corrected chi connectivity index (χ4v) is 2.56. The predicted octanol–water partition coefficient (Wildman–Crippen LogP) is 2.56. The molecule has 2 rings (SSSR count). The van der Waals surface area contributed by atoms with Gasteiger partial charge in [-0.25, -0.2) is 9.97 Å². The predicted molar refractivity (Wildman–Crippen MR) is 80.0 cm³/mol. The van der Waals surface area contributed by atoms with Crippen molar-refractivity contribution >= 4 is 11.6 Å². The van der Waals surface area contributed by atoms with Crippen molar-refractivity contribution < 1.29 is 4.79 Å². The van der Waals surface area contributed by atoms with E-state index in [1.54, 1.807) is 13.2 Å². The Bertz CT molecular complexity index is 467. The molecule has 0 bridgehead atoms. The van der Waals surface area contributed by atoms with E-state index in [0.717, 1.165) is 6.54 Å². The zero-order valence-corrected chi connectivity index (χ0v) is 12.6. The average Bonchev–Trinajstić information content (AvgIpc) is 2.97. The lowest BCUT2D eigenvalue weighted by Crippen LogP contribution is -2.30. The Morgan fingerprint density at radius 3 is 2.70 bits per heavy atom. The summed E-state index contributed by atoms with van der Waals surface area (Å²) < 4.78 is 0. The van der Waals surface area contributed by atoms with E-state index < -0.39 is 0 Å². The molecular formula is C15H24N4O. The molecule has 1 amide bonds. The molecule has 0 saturated heterocycles. The van der Waals surface area contributed by atoms with Crippen LogP contribution in [-0.2, 0) is 0 Å². The second-order valence-corrected chi connectivity index (χ2v) is 5.76. The van der Waals surface area contributed by atoms with Gasteiger partial charge < -0.3 is 10.6 Å². The second kappa shape index (κ2) is 6.68. The molecule has 5 nitrogen and oxygen atoms in total. The van der Waals surface area contributed by atoms with Gasteiger partial charge in [-0.1, -0.05) is 26.7 Å². The van der Waals surface area contributed by atoms with Gasteiger partial charge in [-0.15, -0.1) is 0 Å². The number of hydrogen-bond donors (Lipinski definition) is 2. The second-order valence-electron chi connectivity index (χ2n) is 5.76. The third kappa shape index (κ3) is 3.46. The highest BCUT2D eigenvalue weighted by atomic mass is 16.1. The molecule has 2 N–H and O–H groups in total. The molecule has 0 atom stereocenters. The number of anilines is 1. The minimum absolute atomic E-state index is 0.106. The highest BCUT2D eigenvalue weighted by molar-refractivity contribution is 5.97. The maximum atomic E-state index is 12.3. The van der Waals surface area contributed by atoms with E-state index in [4.69, 9.17) is 0 Å². The lowest BCUT2D eigenvalue weighted by molar-refractivity contribution is 0.0943. The molecule has 0 aliphatic heterocycles. The molecule has 1 fully saturated rings. The van der Waals surface area contributed by atoms with Gasteiger partial charge in [0.25, 0.3) is 5.91 Å². The zero-order valence-electron chi connectivity index (χ0n) is 12.6. The van der Waals surface area contributed by atoms with Gasteiger partial charge in [0.2, 0.25) is 0 Å². The van der Waals surface area contributed by atoms with Gasteiger partial charge in [0.05, 0.1) is 11.9 Å². The molecule has 0 aromatic carbocycles. The Kier molecular flexibility index (Phi) is 4.93. The molecule has 1 aliphatic rings. The summed E-state index contributed by atoms with van der Waals surface area (Å²) in [7, 11) is 1.78. The topological polar surface area (TPSA) is 66.9 Å². The van der Waals surface area contributed by atoms with E-state index in [1.165, 1.54) is 25.7 Å². The quantitative estimate of drug-likeness (QED) is 0.867. The Morgan fingerprint density at radius 2 is 2.10 bits per heavy atom. The van der Waals surface area contributed by atoms with Crippen molar-refractivity contribution in [1.82, 2.24) is 15.3 Å². The molecule has 5 heteroatoms. The number of hydrogen-bond acceptors (Lipinski definition) is 4. The number of amides is 1. The van der Waals surface area contributed by atoms with Crippen LogP contribution >= 0.6 is 0 Å². The van der Waals surface area contributed by atoms with Gasteiger partial charge in [-0.2, -0.15) is 0 Å². The van der Waals surface area contributed by atoms with Gasteiger partial charge in [-0.05, 0) is 18.8 Å². The van der Waals surface area contributed by atoms with E-state index in [9.17, 15) is 4.79 Å². The van der Waals surface area contributed by atoms with Crippen LogP contribution in [-0.4, -0.2) is 29.5 Å². The summed E-state index contributed by atoms with van der Waals surface area (Å²) in [5.74, 6) is 1.44. The first kappa shape index (κ1) is 14.8. The smallest absolute Gasteiger partial charge is 0.272 e. The zero-order chi connectivity index (χ0) is 14.5. The Labute approximate surface area is 120 Å². The van der Waals surface area contributed by atoms with Gasteiger partial charge in [-0.3, -0.25) is 4.79 Å². The molecule has 0 spiro atoms. The molecule has 0 radical (unpaired) electrons. The number of carbonyl (C=O) groups is 1. The summed E-state index contributed by atoms with van der Waals surface area (Å²) in [4.78, 5) is 21.0. The SMILES string of the molecule is CNc1cnc(C(C)C)nc1C(=O)NCC1CCCC1. The van der Waals surface area contributed by atoms with Crippen molar-refractivity contribution in [2.75, 3.05) is 18.9 Å². The summed E-state index contributed by atoms with van der Waals surface area (Å²) in [5, 5.41) is 6.00. The summed E-state index contributed by atoms with van der Waals surface area (Å²) in [6.07, 6.45) is 6.70.